The molecule has 1 aliphatic carbocycles. The van der Waals surface area contributed by atoms with Crippen LogP contribution < -0.4 is 10.6 Å². The fraction of sp³-hybridized carbons (Fsp3) is 0.692. The quantitative estimate of drug-likeness (QED) is 0.727. The minimum absolute atomic E-state index is 0.0767. The molecule has 2 atom stereocenters. The van der Waals surface area contributed by atoms with Crippen molar-refractivity contribution in [3.8, 4) is 0 Å². The molecule has 94 valence electrons. The Balaban J connectivity index is 1.95. The molecule has 2 N–H and O–H groups in total. The largest absolute Gasteiger partial charge is 0.344 e. The van der Waals surface area contributed by atoms with Crippen molar-refractivity contribution in [2.24, 2.45) is 16.8 Å². The summed E-state index contributed by atoms with van der Waals surface area (Å²) >= 11 is 0. The second-order valence-corrected chi connectivity index (χ2v) is 5.24. The minimum Gasteiger partial charge on any atom is -0.344 e. The third-order valence-electron chi connectivity index (χ3n) is 3.21. The molecule has 1 fully saturated rings. The van der Waals surface area contributed by atoms with Crippen molar-refractivity contribution < 1.29 is 4.79 Å². The molecule has 2 aliphatic rings. The normalized spacial score (nSPS) is 30.8. The van der Waals surface area contributed by atoms with Gasteiger partial charge in [0.05, 0.1) is 0 Å². The van der Waals surface area contributed by atoms with Gasteiger partial charge in [0, 0.05) is 6.54 Å². The molecule has 0 saturated carbocycles. The summed E-state index contributed by atoms with van der Waals surface area (Å²) in [6.45, 7) is 4.98. The highest BCUT2D eigenvalue weighted by Gasteiger charge is 2.34. The highest BCUT2D eigenvalue weighted by molar-refractivity contribution is 6.06. The third kappa shape index (κ3) is 3.08. The topological polar surface area (TPSA) is 53.5 Å². The first kappa shape index (κ1) is 12.1. The zero-order chi connectivity index (χ0) is 12.3. The van der Waals surface area contributed by atoms with Gasteiger partial charge in [-0.05, 0) is 31.1 Å². The average molecular weight is 235 g/mol. The number of nitrogens with zero attached hydrogens (tertiary/aromatic N) is 1. The van der Waals surface area contributed by atoms with Gasteiger partial charge in [0.2, 0.25) is 5.91 Å². The van der Waals surface area contributed by atoms with E-state index in [0.29, 0.717) is 17.8 Å². The molecular formula is C13H21N3O. The molecule has 2 unspecified atom stereocenters. The molecule has 4 heteroatoms. The summed E-state index contributed by atoms with van der Waals surface area (Å²) in [5.41, 5.74) is 0. The lowest BCUT2D eigenvalue weighted by molar-refractivity contribution is -0.121. The Morgan fingerprint density at radius 2 is 2.29 bits per heavy atom. The van der Waals surface area contributed by atoms with Crippen molar-refractivity contribution in [3.05, 3.63) is 12.2 Å². The fourth-order valence-electron chi connectivity index (χ4n) is 2.25. The van der Waals surface area contributed by atoms with Crippen LogP contribution in [0.25, 0.3) is 0 Å². The van der Waals surface area contributed by atoms with Gasteiger partial charge in [-0.15, -0.1) is 0 Å². The molecule has 1 heterocycles. The van der Waals surface area contributed by atoms with Crippen LogP contribution in [0, 0.1) is 11.8 Å². The van der Waals surface area contributed by atoms with Crippen LogP contribution in [0.3, 0.4) is 0 Å². The average Bonchev–Trinajstić information content (AvgIpc) is 2.69. The summed E-state index contributed by atoms with van der Waals surface area (Å²) < 4.78 is 0. The summed E-state index contributed by atoms with van der Waals surface area (Å²) in [7, 11) is 0. The van der Waals surface area contributed by atoms with Crippen LogP contribution in [0.1, 0.15) is 33.1 Å². The van der Waals surface area contributed by atoms with Crippen molar-refractivity contribution >= 4 is 11.9 Å². The zero-order valence-electron chi connectivity index (χ0n) is 10.6. The molecule has 0 aromatic carbocycles. The van der Waals surface area contributed by atoms with E-state index in [9.17, 15) is 4.79 Å². The molecular weight excluding hydrogens is 214 g/mol. The van der Waals surface area contributed by atoms with Gasteiger partial charge in [-0.25, -0.2) is 0 Å². The van der Waals surface area contributed by atoms with E-state index < -0.39 is 0 Å². The number of allylic oxidation sites excluding steroid dienone is 2. The Bertz CT molecular complexity index is 347. The third-order valence-corrected chi connectivity index (χ3v) is 3.21. The summed E-state index contributed by atoms with van der Waals surface area (Å²) in [5, 5.41) is 6.05. The second kappa shape index (κ2) is 5.34. The van der Waals surface area contributed by atoms with E-state index in [4.69, 9.17) is 0 Å². The van der Waals surface area contributed by atoms with Gasteiger partial charge >= 0.3 is 0 Å². The highest BCUT2D eigenvalue weighted by atomic mass is 16.2. The second-order valence-electron chi connectivity index (χ2n) is 5.24. The monoisotopic (exact) mass is 235 g/mol. The van der Waals surface area contributed by atoms with Crippen LogP contribution >= 0.6 is 0 Å². The van der Waals surface area contributed by atoms with Crippen molar-refractivity contribution in [1.29, 1.82) is 0 Å². The van der Waals surface area contributed by atoms with Crippen LogP contribution in [0.4, 0.5) is 0 Å². The van der Waals surface area contributed by atoms with Crippen LogP contribution in [-0.2, 0) is 4.79 Å². The lowest BCUT2D eigenvalue weighted by Gasteiger charge is -2.22. The smallest absolute Gasteiger partial charge is 0.249 e. The van der Waals surface area contributed by atoms with Crippen molar-refractivity contribution in [1.82, 2.24) is 10.6 Å². The maximum absolute atomic E-state index is 11.9. The SMILES string of the molecule is CC(C)CN=C1NC(=O)C(C2CC=CCC2)N1. The Morgan fingerprint density at radius 3 is 2.94 bits per heavy atom. The van der Waals surface area contributed by atoms with Gasteiger partial charge in [-0.1, -0.05) is 26.0 Å². The number of carbonyl (C=O) groups is 1. The van der Waals surface area contributed by atoms with Gasteiger partial charge in [-0.3, -0.25) is 15.1 Å². The van der Waals surface area contributed by atoms with Gasteiger partial charge in [0.1, 0.15) is 6.04 Å². The van der Waals surface area contributed by atoms with E-state index in [0.717, 1.165) is 25.8 Å². The predicted octanol–water partition coefficient (Wildman–Crippen LogP) is 1.44. The van der Waals surface area contributed by atoms with E-state index in [1.165, 1.54) is 0 Å². The van der Waals surface area contributed by atoms with Crippen LogP contribution in [0.2, 0.25) is 0 Å². The van der Waals surface area contributed by atoms with Crippen molar-refractivity contribution in [2.75, 3.05) is 6.54 Å². The minimum atomic E-state index is -0.0918. The van der Waals surface area contributed by atoms with Crippen molar-refractivity contribution in [2.45, 2.75) is 39.2 Å². The zero-order valence-corrected chi connectivity index (χ0v) is 10.6. The molecule has 17 heavy (non-hydrogen) atoms. The molecule has 1 saturated heterocycles. The van der Waals surface area contributed by atoms with Gasteiger partial charge in [0.15, 0.2) is 5.96 Å². The Labute approximate surface area is 103 Å². The molecule has 4 nitrogen and oxygen atoms in total. The van der Waals surface area contributed by atoms with Crippen LogP contribution in [-0.4, -0.2) is 24.5 Å². The molecule has 0 radical (unpaired) electrons. The molecule has 0 spiro atoms. The lowest BCUT2D eigenvalue weighted by Crippen LogP contribution is -2.37. The number of nitrogens with one attached hydrogen (secondary N) is 2. The van der Waals surface area contributed by atoms with Crippen molar-refractivity contribution in [3.63, 3.8) is 0 Å². The van der Waals surface area contributed by atoms with E-state index in [-0.39, 0.29) is 11.9 Å². The number of rotatable bonds is 3. The van der Waals surface area contributed by atoms with Gasteiger partial charge < -0.3 is 5.32 Å². The summed E-state index contributed by atoms with van der Waals surface area (Å²) in [4.78, 5) is 16.2. The Hall–Kier alpha value is -1.32. The number of hydrogen-bond acceptors (Lipinski definition) is 2. The summed E-state index contributed by atoms with van der Waals surface area (Å²) in [6.07, 6.45) is 7.51. The molecule has 0 aromatic rings. The first-order valence-corrected chi connectivity index (χ1v) is 6.43. The molecule has 1 aliphatic heterocycles. The molecule has 0 bridgehead atoms. The molecule has 0 aromatic heterocycles. The Morgan fingerprint density at radius 1 is 1.47 bits per heavy atom. The molecule has 2 rings (SSSR count). The molecule has 1 amide bonds. The number of carbonyl (C=O) groups excluding carboxylic acids is 1. The van der Waals surface area contributed by atoms with Crippen LogP contribution in [0.5, 0.6) is 0 Å². The predicted molar refractivity (Wildman–Crippen MR) is 68.7 cm³/mol. The number of aliphatic imine (C=N–C) groups is 1. The maximum Gasteiger partial charge on any atom is 0.249 e. The number of amides is 1. The van der Waals surface area contributed by atoms with Crippen LogP contribution in [0.15, 0.2) is 17.1 Å². The number of hydrogen-bond donors (Lipinski definition) is 2. The van der Waals surface area contributed by atoms with E-state index >= 15 is 0 Å². The number of guanidine groups is 1. The highest BCUT2D eigenvalue weighted by Crippen LogP contribution is 2.23. The maximum atomic E-state index is 11.9. The summed E-state index contributed by atoms with van der Waals surface area (Å²) in [6, 6.07) is -0.0918. The van der Waals surface area contributed by atoms with E-state index in [2.05, 4.69) is 41.6 Å². The first-order chi connectivity index (χ1) is 8.16. The van der Waals surface area contributed by atoms with E-state index in [1.54, 1.807) is 0 Å². The van der Waals surface area contributed by atoms with E-state index in [1.807, 2.05) is 0 Å². The first-order valence-electron chi connectivity index (χ1n) is 6.43. The van der Waals surface area contributed by atoms with Gasteiger partial charge in [-0.2, -0.15) is 0 Å². The fourth-order valence-corrected chi connectivity index (χ4v) is 2.25. The van der Waals surface area contributed by atoms with Gasteiger partial charge in [0.25, 0.3) is 0 Å². The Kier molecular flexibility index (Phi) is 3.82. The lowest BCUT2D eigenvalue weighted by atomic mass is 9.88. The standard InChI is InChI=1S/C13H21N3O/c1-9(2)8-14-13-15-11(12(17)16-13)10-6-4-3-5-7-10/h3-4,9-11H,5-8H2,1-2H3,(H2,14,15,16,17). The summed E-state index contributed by atoms with van der Waals surface area (Å²) in [5.74, 6) is 1.65.